The van der Waals surface area contributed by atoms with Gasteiger partial charge in [0, 0.05) is 0 Å². The first-order chi connectivity index (χ1) is 15.3. The summed E-state index contributed by atoms with van der Waals surface area (Å²) in [6.07, 6.45) is 1.45. The fourth-order valence-corrected chi connectivity index (χ4v) is 4.46. The largest absolute Gasteiger partial charge is 0.495 e. The second-order valence-corrected chi connectivity index (χ2v) is 8.95. The van der Waals surface area contributed by atoms with Crippen LogP contribution in [0.25, 0.3) is 0 Å². The van der Waals surface area contributed by atoms with Crippen molar-refractivity contribution < 1.29 is 27.1 Å². The molecule has 1 heterocycles. The van der Waals surface area contributed by atoms with Gasteiger partial charge in [0.05, 0.1) is 43.7 Å². The zero-order chi connectivity index (χ0) is 23.1. The van der Waals surface area contributed by atoms with Crippen LogP contribution in [-0.2, 0) is 21.4 Å². The molecule has 0 atom stereocenters. The topological polar surface area (TPSA) is 98.1 Å². The summed E-state index contributed by atoms with van der Waals surface area (Å²) in [5.74, 6) is 0.958. The molecule has 0 saturated heterocycles. The number of ether oxygens (including phenoxy) is 2. The smallest absolute Gasteiger partial charge is 0.243 e. The normalized spacial score (nSPS) is 11.4. The van der Waals surface area contributed by atoms with Crippen molar-refractivity contribution in [1.82, 2.24) is 4.31 Å². The molecule has 0 unspecified atom stereocenters. The lowest BCUT2D eigenvalue weighted by Crippen LogP contribution is -2.37. The van der Waals surface area contributed by atoms with Gasteiger partial charge in [0.25, 0.3) is 0 Å². The molecule has 2 aromatic carbocycles. The third kappa shape index (κ3) is 5.68. The van der Waals surface area contributed by atoms with E-state index in [1.54, 1.807) is 36.4 Å². The Morgan fingerprint density at radius 2 is 1.88 bits per heavy atom. The number of carbonyl (C=O) groups excluding carboxylic acids is 1. The summed E-state index contributed by atoms with van der Waals surface area (Å²) < 4.78 is 43.7. The van der Waals surface area contributed by atoms with Crippen molar-refractivity contribution in [2.75, 3.05) is 25.6 Å². The Bertz CT molecular complexity index is 1140. The van der Waals surface area contributed by atoms with Gasteiger partial charge in [-0.15, -0.1) is 0 Å². The minimum atomic E-state index is -3.99. The van der Waals surface area contributed by atoms with Gasteiger partial charge in [-0.2, -0.15) is 4.31 Å². The van der Waals surface area contributed by atoms with Gasteiger partial charge in [0.15, 0.2) is 0 Å². The lowest BCUT2D eigenvalue weighted by molar-refractivity contribution is -0.116. The highest BCUT2D eigenvalue weighted by molar-refractivity contribution is 7.89. The van der Waals surface area contributed by atoms with Crippen molar-refractivity contribution >= 4 is 21.6 Å². The summed E-state index contributed by atoms with van der Waals surface area (Å²) in [5, 5.41) is 2.74. The zero-order valence-corrected chi connectivity index (χ0v) is 19.0. The van der Waals surface area contributed by atoms with Gasteiger partial charge in [-0.05, 0) is 67.9 Å². The van der Waals surface area contributed by atoms with Crippen molar-refractivity contribution in [2.24, 2.45) is 0 Å². The second-order valence-electron chi connectivity index (χ2n) is 7.01. The molecular weight excluding hydrogens is 432 g/mol. The van der Waals surface area contributed by atoms with E-state index in [2.05, 4.69) is 5.32 Å². The number of anilines is 1. The van der Waals surface area contributed by atoms with Crippen LogP contribution in [0.2, 0.25) is 0 Å². The van der Waals surface area contributed by atoms with Crippen molar-refractivity contribution in [3.8, 4) is 11.5 Å². The van der Waals surface area contributed by atoms with Crippen LogP contribution < -0.4 is 14.8 Å². The third-order valence-electron chi connectivity index (χ3n) is 4.63. The van der Waals surface area contributed by atoms with E-state index in [1.165, 1.54) is 25.5 Å². The molecule has 0 bridgehead atoms. The Morgan fingerprint density at radius 3 is 2.50 bits per heavy atom. The Balaban J connectivity index is 1.85. The Kier molecular flexibility index (Phi) is 7.55. The monoisotopic (exact) mass is 458 g/mol. The van der Waals surface area contributed by atoms with Crippen LogP contribution >= 0.6 is 0 Å². The van der Waals surface area contributed by atoms with E-state index >= 15 is 0 Å². The summed E-state index contributed by atoms with van der Waals surface area (Å²) in [6, 6.07) is 14.7. The quantitative estimate of drug-likeness (QED) is 0.496. The zero-order valence-electron chi connectivity index (χ0n) is 18.2. The van der Waals surface area contributed by atoms with Gasteiger partial charge in [-0.25, -0.2) is 8.42 Å². The molecular formula is C23H26N2O6S. The Labute approximate surface area is 187 Å². The molecule has 32 heavy (non-hydrogen) atoms. The SMILES string of the molecule is CCOc1ccc(S(=O)(=O)N(CC(=O)Nc2cc(C)ccc2OC)Cc2ccco2)cc1. The fraction of sp³-hybridized carbons (Fsp3) is 0.261. The number of amides is 1. The fourth-order valence-electron chi connectivity index (χ4n) is 3.10. The molecule has 0 saturated carbocycles. The van der Waals surface area contributed by atoms with Crippen LogP contribution in [-0.4, -0.2) is 38.9 Å². The maximum absolute atomic E-state index is 13.3. The third-order valence-corrected chi connectivity index (χ3v) is 6.44. The van der Waals surface area contributed by atoms with Crippen LogP contribution in [0.15, 0.2) is 70.2 Å². The first kappa shape index (κ1) is 23.4. The standard InChI is InChI=1S/C23H26N2O6S/c1-4-30-18-8-10-20(11-9-18)32(27,28)25(15-19-6-5-13-31-19)16-23(26)24-21-14-17(2)7-12-22(21)29-3/h5-14H,4,15-16H2,1-3H3,(H,24,26). The lowest BCUT2D eigenvalue weighted by Gasteiger charge is -2.21. The van der Waals surface area contributed by atoms with E-state index in [1.807, 2.05) is 19.9 Å². The van der Waals surface area contributed by atoms with Crippen LogP contribution in [0.1, 0.15) is 18.2 Å². The molecule has 1 N–H and O–H groups in total. The number of carbonyl (C=O) groups is 1. The first-order valence-electron chi connectivity index (χ1n) is 10.0. The molecule has 0 aliphatic rings. The predicted molar refractivity (Wildman–Crippen MR) is 120 cm³/mol. The highest BCUT2D eigenvalue weighted by Crippen LogP contribution is 2.26. The van der Waals surface area contributed by atoms with E-state index < -0.39 is 22.5 Å². The summed E-state index contributed by atoms with van der Waals surface area (Å²) >= 11 is 0. The van der Waals surface area contributed by atoms with Gasteiger partial charge >= 0.3 is 0 Å². The maximum atomic E-state index is 13.3. The van der Waals surface area contributed by atoms with Crippen molar-refractivity contribution in [3.05, 3.63) is 72.2 Å². The molecule has 3 aromatic rings. The molecule has 170 valence electrons. The molecule has 9 heteroatoms. The van der Waals surface area contributed by atoms with Gasteiger partial charge in [0.2, 0.25) is 15.9 Å². The van der Waals surface area contributed by atoms with E-state index in [9.17, 15) is 13.2 Å². The molecule has 3 rings (SSSR count). The van der Waals surface area contributed by atoms with Crippen LogP contribution in [0, 0.1) is 6.92 Å². The van der Waals surface area contributed by atoms with Gasteiger partial charge in [-0.1, -0.05) is 6.07 Å². The number of sulfonamides is 1. The number of nitrogens with one attached hydrogen (secondary N) is 1. The van der Waals surface area contributed by atoms with Gasteiger partial charge in [-0.3, -0.25) is 4.79 Å². The Hall–Kier alpha value is -3.30. The molecule has 1 aromatic heterocycles. The van der Waals surface area contributed by atoms with Crippen LogP contribution in [0.5, 0.6) is 11.5 Å². The van der Waals surface area contributed by atoms with E-state index in [0.717, 1.165) is 9.87 Å². The number of rotatable bonds is 10. The Morgan fingerprint density at radius 1 is 1.12 bits per heavy atom. The minimum absolute atomic E-state index is 0.0495. The van der Waals surface area contributed by atoms with Gasteiger partial charge in [0.1, 0.15) is 17.3 Å². The first-order valence-corrected chi connectivity index (χ1v) is 11.5. The van der Waals surface area contributed by atoms with Crippen molar-refractivity contribution in [1.29, 1.82) is 0 Å². The van der Waals surface area contributed by atoms with Crippen LogP contribution in [0.3, 0.4) is 0 Å². The lowest BCUT2D eigenvalue weighted by atomic mass is 10.2. The van der Waals surface area contributed by atoms with Gasteiger partial charge < -0.3 is 19.2 Å². The average Bonchev–Trinajstić information content (AvgIpc) is 3.27. The predicted octanol–water partition coefficient (Wildman–Crippen LogP) is 3.82. The molecule has 0 fully saturated rings. The molecule has 0 radical (unpaired) electrons. The molecule has 0 aliphatic heterocycles. The number of benzene rings is 2. The number of nitrogens with zero attached hydrogens (tertiary/aromatic N) is 1. The highest BCUT2D eigenvalue weighted by atomic mass is 32.2. The number of hydrogen-bond acceptors (Lipinski definition) is 6. The van der Waals surface area contributed by atoms with E-state index in [0.29, 0.717) is 29.6 Å². The summed E-state index contributed by atoms with van der Waals surface area (Å²) in [5.41, 5.74) is 1.39. The van der Waals surface area contributed by atoms with E-state index in [-0.39, 0.29) is 11.4 Å². The second kappa shape index (κ2) is 10.3. The molecule has 8 nitrogen and oxygen atoms in total. The highest BCUT2D eigenvalue weighted by Gasteiger charge is 2.28. The molecule has 1 amide bonds. The average molecular weight is 459 g/mol. The number of methoxy groups -OCH3 is 1. The molecule has 0 spiro atoms. The number of furan rings is 1. The minimum Gasteiger partial charge on any atom is -0.495 e. The molecule has 0 aliphatic carbocycles. The summed E-state index contributed by atoms with van der Waals surface area (Å²) in [4.78, 5) is 12.9. The van der Waals surface area contributed by atoms with E-state index in [4.69, 9.17) is 13.9 Å². The van der Waals surface area contributed by atoms with Crippen molar-refractivity contribution in [3.63, 3.8) is 0 Å². The summed E-state index contributed by atoms with van der Waals surface area (Å²) in [7, 11) is -2.49. The number of aryl methyl sites for hydroxylation is 1. The van der Waals surface area contributed by atoms with Crippen molar-refractivity contribution in [2.45, 2.75) is 25.3 Å². The van der Waals surface area contributed by atoms with Crippen LogP contribution in [0.4, 0.5) is 5.69 Å². The number of hydrogen-bond donors (Lipinski definition) is 1. The maximum Gasteiger partial charge on any atom is 0.243 e. The summed E-state index contributed by atoms with van der Waals surface area (Å²) in [6.45, 7) is 3.69.